The van der Waals surface area contributed by atoms with Gasteiger partial charge in [-0.2, -0.15) is 0 Å². The Morgan fingerprint density at radius 2 is 2.39 bits per heavy atom. The zero-order chi connectivity index (χ0) is 13.1. The Morgan fingerprint density at radius 1 is 1.61 bits per heavy atom. The number of hydrogen-bond donors (Lipinski definition) is 1. The summed E-state index contributed by atoms with van der Waals surface area (Å²) in [6, 6.07) is 1.81. The number of thiocarbonyl (C=S) groups is 1. The summed E-state index contributed by atoms with van der Waals surface area (Å²) in [5.41, 5.74) is 7.14. The molecule has 1 fully saturated rings. The lowest BCUT2D eigenvalue weighted by Gasteiger charge is -2.32. The van der Waals surface area contributed by atoms with Gasteiger partial charge in [0.25, 0.3) is 0 Å². The average molecular weight is 266 g/mol. The van der Waals surface area contributed by atoms with Gasteiger partial charge in [0.15, 0.2) is 0 Å². The largest absolute Gasteiger partial charge is 0.388 e. The monoisotopic (exact) mass is 266 g/mol. The van der Waals surface area contributed by atoms with Crippen molar-refractivity contribution in [3.8, 4) is 0 Å². The van der Waals surface area contributed by atoms with Crippen LogP contribution >= 0.6 is 12.2 Å². The molecule has 6 heteroatoms. The zero-order valence-electron chi connectivity index (χ0n) is 10.7. The van der Waals surface area contributed by atoms with E-state index < -0.39 is 0 Å². The predicted octanol–water partition coefficient (Wildman–Crippen LogP) is 1.03. The molecular formula is C12H18N4OS. The highest BCUT2D eigenvalue weighted by Crippen LogP contribution is 2.16. The van der Waals surface area contributed by atoms with Crippen molar-refractivity contribution >= 4 is 23.2 Å². The van der Waals surface area contributed by atoms with Gasteiger partial charge in [0.05, 0.1) is 12.7 Å². The van der Waals surface area contributed by atoms with Crippen molar-refractivity contribution < 1.29 is 4.74 Å². The lowest BCUT2D eigenvalue weighted by Crippen LogP contribution is -2.43. The summed E-state index contributed by atoms with van der Waals surface area (Å²) in [6.07, 6.45) is 1.24. The molecule has 1 unspecified atom stereocenters. The number of nitrogens with zero attached hydrogens (tertiary/aromatic N) is 3. The third-order valence-corrected chi connectivity index (χ3v) is 3.18. The molecule has 0 saturated carbocycles. The van der Waals surface area contributed by atoms with E-state index in [0.29, 0.717) is 23.2 Å². The van der Waals surface area contributed by atoms with Crippen LogP contribution in [0.15, 0.2) is 6.07 Å². The van der Waals surface area contributed by atoms with Crippen LogP contribution in [0, 0.1) is 6.92 Å². The van der Waals surface area contributed by atoms with Crippen molar-refractivity contribution in [2.75, 3.05) is 24.6 Å². The number of nitrogens with two attached hydrogens (primary N) is 1. The van der Waals surface area contributed by atoms with E-state index in [1.165, 1.54) is 0 Å². The molecule has 1 atom stereocenters. The molecule has 0 aromatic carbocycles. The van der Waals surface area contributed by atoms with E-state index in [2.05, 4.69) is 21.8 Å². The Kier molecular flexibility index (Phi) is 4.08. The molecule has 98 valence electrons. The van der Waals surface area contributed by atoms with Crippen LogP contribution in [0.25, 0.3) is 0 Å². The van der Waals surface area contributed by atoms with E-state index in [1.807, 2.05) is 13.0 Å². The van der Waals surface area contributed by atoms with Gasteiger partial charge in [-0.25, -0.2) is 9.97 Å². The fourth-order valence-corrected chi connectivity index (χ4v) is 2.07. The number of aryl methyl sites for hydroxylation is 1. The highest BCUT2D eigenvalue weighted by Gasteiger charge is 2.21. The van der Waals surface area contributed by atoms with Gasteiger partial charge >= 0.3 is 0 Å². The molecule has 18 heavy (non-hydrogen) atoms. The highest BCUT2D eigenvalue weighted by molar-refractivity contribution is 7.80. The second-order valence-corrected chi connectivity index (χ2v) is 4.85. The normalized spacial score (nSPS) is 19.9. The molecule has 2 rings (SSSR count). The van der Waals surface area contributed by atoms with Gasteiger partial charge < -0.3 is 15.4 Å². The first-order valence-corrected chi connectivity index (χ1v) is 6.53. The van der Waals surface area contributed by atoms with E-state index in [1.54, 1.807) is 0 Å². The maximum absolute atomic E-state index is 5.64. The second-order valence-electron chi connectivity index (χ2n) is 4.41. The average Bonchev–Trinajstić information content (AvgIpc) is 2.38. The quantitative estimate of drug-likeness (QED) is 0.825. The molecule has 1 aliphatic rings. The van der Waals surface area contributed by atoms with Gasteiger partial charge in [-0.3, -0.25) is 0 Å². The lowest BCUT2D eigenvalue weighted by molar-refractivity contribution is 0.0378. The third kappa shape index (κ3) is 2.94. The molecular weight excluding hydrogens is 248 g/mol. The van der Waals surface area contributed by atoms with Crippen LogP contribution in [0.2, 0.25) is 0 Å². The molecule has 2 N–H and O–H groups in total. The molecule has 0 amide bonds. The Hall–Kier alpha value is -1.27. The minimum absolute atomic E-state index is 0.246. The first-order chi connectivity index (χ1) is 8.60. The minimum Gasteiger partial charge on any atom is -0.388 e. The van der Waals surface area contributed by atoms with E-state index in [4.69, 9.17) is 22.7 Å². The summed E-state index contributed by atoms with van der Waals surface area (Å²) >= 11 is 4.97. The number of rotatable bonds is 3. The molecule has 0 aliphatic carbocycles. The van der Waals surface area contributed by atoms with E-state index >= 15 is 0 Å². The first-order valence-electron chi connectivity index (χ1n) is 6.12. The molecule has 1 aromatic rings. The van der Waals surface area contributed by atoms with Crippen LogP contribution in [0.5, 0.6) is 0 Å². The Labute approximate surface area is 112 Å². The lowest BCUT2D eigenvalue weighted by atomic mass is 10.2. The summed E-state index contributed by atoms with van der Waals surface area (Å²) < 4.78 is 5.64. The summed E-state index contributed by atoms with van der Waals surface area (Å²) in [7, 11) is 0. The molecule has 1 aliphatic heterocycles. The maximum atomic E-state index is 5.64. The van der Waals surface area contributed by atoms with Gasteiger partial charge in [0, 0.05) is 18.8 Å². The number of morpholine rings is 1. The number of hydrogen-bond acceptors (Lipinski definition) is 5. The van der Waals surface area contributed by atoms with Crippen molar-refractivity contribution in [2.45, 2.75) is 26.4 Å². The van der Waals surface area contributed by atoms with Crippen LogP contribution in [0.1, 0.15) is 24.7 Å². The number of anilines is 1. The van der Waals surface area contributed by atoms with Crippen molar-refractivity contribution in [3.63, 3.8) is 0 Å². The van der Waals surface area contributed by atoms with Crippen LogP contribution < -0.4 is 10.6 Å². The number of aromatic nitrogens is 2. The van der Waals surface area contributed by atoms with Crippen molar-refractivity contribution in [1.82, 2.24) is 9.97 Å². The van der Waals surface area contributed by atoms with Gasteiger partial charge in [-0.05, 0) is 19.4 Å². The third-order valence-electron chi connectivity index (χ3n) is 2.97. The van der Waals surface area contributed by atoms with Gasteiger partial charge in [0.1, 0.15) is 10.7 Å². The topological polar surface area (TPSA) is 64.3 Å². The minimum atomic E-state index is 0.246. The first kappa shape index (κ1) is 13.2. The summed E-state index contributed by atoms with van der Waals surface area (Å²) in [6.45, 7) is 6.36. The van der Waals surface area contributed by atoms with E-state index in [0.717, 1.165) is 25.2 Å². The Morgan fingerprint density at radius 3 is 3.06 bits per heavy atom. The second kappa shape index (κ2) is 5.58. The SMILES string of the molecule is CCC1CN(c2nc(C)cc(C(N)=S)n2)CCO1. The van der Waals surface area contributed by atoms with Crippen LogP contribution in [0.3, 0.4) is 0 Å². The molecule has 0 radical (unpaired) electrons. The Balaban J connectivity index is 2.24. The van der Waals surface area contributed by atoms with Crippen LogP contribution in [-0.4, -0.2) is 40.8 Å². The maximum Gasteiger partial charge on any atom is 0.226 e. The summed E-state index contributed by atoms with van der Waals surface area (Å²) in [4.78, 5) is 11.3. The fraction of sp³-hybridized carbons (Fsp3) is 0.583. The number of ether oxygens (including phenoxy) is 1. The standard InChI is InChI=1S/C12H18N4OS/c1-3-9-7-16(4-5-17-9)12-14-8(2)6-10(15-12)11(13)18/h6,9H,3-5,7H2,1-2H3,(H2,13,18). The van der Waals surface area contributed by atoms with E-state index in [-0.39, 0.29) is 6.10 Å². The van der Waals surface area contributed by atoms with Crippen LogP contribution in [0.4, 0.5) is 5.95 Å². The summed E-state index contributed by atoms with van der Waals surface area (Å²) in [5.74, 6) is 0.694. The molecule has 0 spiro atoms. The molecule has 0 bridgehead atoms. The highest BCUT2D eigenvalue weighted by atomic mass is 32.1. The zero-order valence-corrected chi connectivity index (χ0v) is 11.5. The van der Waals surface area contributed by atoms with E-state index in [9.17, 15) is 0 Å². The van der Waals surface area contributed by atoms with Crippen molar-refractivity contribution in [3.05, 3.63) is 17.5 Å². The van der Waals surface area contributed by atoms with Gasteiger partial charge in [-0.1, -0.05) is 19.1 Å². The molecule has 2 heterocycles. The van der Waals surface area contributed by atoms with Crippen LogP contribution in [-0.2, 0) is 4.74 Å². The van der Waals surface area contributed by atoms with Gasteiger partial charge in [0.2, 0.25) is 5.95 Å². The molecule has 1 aromatic heterocycles. The predicted molar refractivity (Wildman–Crippen MR) is 74.9 cm³/mol. The molecule has 1 saturated heterocycles. The fourth-order valence-electron chi connectivity index (χ4n) is 1.97. The van der Waals surface area contributed by atoms with Crippen molar-refractivity contribution in [1.29, 1.82) is 0 Å². The van der Waals surface area contributed by atoms with Gasteiger partial charge in [-0.15, -0.1) is 0 Å². The smallest absolute Gasteiger partial charge is 0.226 e. The Bertz CT molecular complexity index is 452. The molecule has 5 nitrogen and oxygen atoms in total. The van der Waals surface area contributed by atoms with Crippen molar-refractivity contribution in [2.24, 2.45) is 5.73 Å². The summed E-state index contributed by atoms with van der Waals surface area (Å²) in [5, 5.41) is 0.